The molecule has 1 N–H and O–H groups in total. The highest BCUT2D eigenvalue weighted by molar-refractivity contribution is 14.1. The molecule has 0 amide bonds. The fourth-order valence-corrected chi connectivity index (χ4v) is 3.64. The van der Waals surface area contributed by atoms with Crippen molar-refractivity contribution in [2.75, 3.05) is 6.54 Å². The van der Waals surface area contributed by atoms with Gasteiger partial charge in [0.1, 0.15) is 0 Å². The van der Waals surface area contributed by atoms with Gasteiger partial charge in [-0.15, -0.1) is 11.3 Å². The minimum Gasteiger partial charge on any atom is -0.309 e. The Morgan fingerprint density at radius 2 is 2.05 bits per heavy atom. The van der Waals surface area contributed by atoms with E-state index in [-0.39, 0.29) is 0 Å². The van der Waals surface area contributed by atoms with Crippen LogP contribution < -0.4 is 5.32 Å². The second kappa shape index (κ2) is 7.36. The second-order valence-corrected chi connectivity index (χ2v) is 7.49. The molecule has 0 aliphatic rings. The van der Waals surface area contributed by atoms with E-state index < -0.39 is 0 Å². The maximum atomic E-state index is 4.11. The van der Waals surface area contributed by atoms with Crippen molar-refractivity contribution in [1.29, 1.82) is 0 Å². The van der Waals surface area contributed by atoms with E-state index in [1.54, 1.807) is 0 Å². The molecule has 0 spiro atoms. The molecular weight excluding hydrogens is 367 g/mol. The van der Waals surface area contributed by atoms with Crippen molar-refractivity contribution in [3.63, 3.8) is 0 Å². The third-order valence-corrected chi connectivity index (χ3v) is 5.10. The summed E-state index contributed by atoms with van der Waals surface area (Å²) in [6.07, 6.45) is 4.90. The van der Waals surface area contributed by atoms with E-state index in [0.29, 0.717) is 12.0 Å². The second-order valence-electron chi connectivity index (χ2n) is 4.69. The summed E-state index contributed by atoms with van der Waals surface area (Å²) in [5.74, 6) is 0.444. The molecule has 0 aromatic carbocycles. The zero-order valence-electron chi connectivity index (χ0n) is 11.3. The Labute approximate surface area is 132 Å². The number of halogens is 1. The monoisotopic (exact) mass is 386 g/mol. The third kappa shape index (κ3) is 4.00. The van der Waals surface area contributed by atoms with Gasteiger partial charge in [-0.25, -0.2) is 0 Å². The number of hydrogen-bond acceptors (Lipinski definition) is 3. The highest BCUT2D eigenvalue weighted by atomic mass is 127. The molecule has 2 rings (SSSR count). The fourth-order valence-electron chi connectivity index (χ4n) is 2.23. The Morgan fingerprint density at radius 3 is 2.63 bits per heavy atom. The van der Waals surface area contributed by atoms with Crippen LogP contribution in [0.3, 0.4) is 0 Å². The number of hydrogen-bond donors (Lipinski definition) is 1. The summed E-state index contributed by atoms with van der Waals surface area (Å²) < 4.78 is 1.35. The van der Waals surface area contributed by atoms with Gasteiger partial charge in [0.2, 0.25) is 0 Å². The van der Waals surface area contributed by atoms with Gasteiger partial charge >= 0.3 is 0 Å². The number of thiophene rings is 1. The lowest BCUT2D eigenvalue weighted by molar-refractivity contribution is 0.467. The summed E-state index contributed by atoms with van der Waals surface area (Å²) in [5.41, 5.74) is 2.73. The van der Waals surface area contributed by atoms with Crippen molar-refractivity contribution in [1.82, 2.24) is 10.3 Å². The van der Waals surface area contributed by atoms with Crippen LogP contribution in [0.1, 0.15) is 43.4 Å². The number of nitrogens with one attached hydrogen (secondary N) is 1. The average Bonchev–Trinajstić information content (AvgIpc) is 2.86. The minimum absolute atomic E-state index is 0.377. The van der Waals surface area contributed by atoms with Crippen LogP contribution in [0.5, 0.6) is 0 Å². The van der Waals surface area contributed by atoms with Gasteiger partial charge in [0.05, 0.1) is 2.88 Å². The quantitative estimate of drug-likeness (QED) is 0.735. The molecule has 0 saturated heterocycles. The van der Waals surface area contributed by atoms with Crippen LogP contribution in [0.4, 0.5) is 0 Å². The van der Waals surface area contributed by atoms with Crippen molar-refractivity contribution in [2.45, 2.75) is 32.2 Å². The van der Waals surface area contributed by atoms with Crippen molar-refractivity contribution in [2.24, 2.45) is 0 Å². The van der Waals surface area contributed by atoms with Gasteiger partial charge in [0.15, 0.2) is 0 Å². The summed E-state index contributed by atoms with van der Waals surface area (Å²) in [7, 11) is 0. The molecule has 2 heterocycles. The first kappa shape index (κ1) is 14.9. The van der Waals surface area contributed by atoms with Gasteiger partial charge in [0.25, 0.3) is 0 Å². The van der Waals surface area contributed by atoms with E-state index in [9.17, 15) is 0 Å². The van der Waals surface area contributed by atoms with Crippen molar-refractivity contribution in [3.8, 4) is 0 Å². The lowest BCUT2D eigenvalue weighted by Crippen LogP contribution is -2.26. The molecule has 2 atom stereocenters. The molecule has 2 aromatic rings. The first-order chi connectivity index (χ1) is 9.22. The zero-order valence-corrected chi connectivity index (χ0v) is 14.2. The molecule has 0 aliphatic carbocycles. The molecule has 0 aliphatic heterocycles. The SMILES string of the molecule is CCCNC(c1csc(I)c1)C(C)c1ccncc1. The highest BCUT2D eigenvalue weighted by Gasteiger charge is 2.21. The first-order valence-corrected chi connectivity index (χ1v) is 8.55. The predicted molar refractivity (Wildman–Crippen MR) is 90.7 cm³/mol. The van der Waals surface area contributed by atoms with E-state index in [1.807, 2.05) is 23.7 Å². The molecule has 2 nitrogen and oxygen atoms in total. The summed E-state index contributed by atoms with van der Waals surface area (Å²) >= 11 is 4.20. The fraction of sp³-hybridized carbons (Fsp3) is 0.400. The molecule has 2 unspecified atom stereocenters. The Bertz CT molecular complexity index is 498. The van der Waals surface area contributed by atoms with Crippen LogP contribution >= 0.6 is 33.9 Å². The van der Waals surface area contributed by atoms with Crippen LogP contribution in [0.25, 0.3) is 0 Å². The van der Waals surface area contributed by atoms with E-state index in [2.05, 4.69) is 70.3 Å². The van der Waals surface area contributed by atoms with Crippen LogP contribution in [-0.4, -0.2) is 11.5 Å². The smallest absolute Gasteiger partial charge is 0.0656 e. The summed E-state index contributed by atoms with van der Waals surface area (Å²) in [6, 6.07) is 6.89. The number of pyridine rings is 1. The van der Waals surface area contributed by atoms with Crippen LogP contribution in [0.2, 0.25) is 0 Å². The number of rotatable bonds is 6. The van der Waals surface area contributed by atoms with Gasteiger partial charge < -0.3 is 5.32 Å². The molecule has 2 aromatic heterocycles. The Kier molecular flexibility index (Phi) is 5.78. The van der Waals surface area contributed by atoms with Gasteiger partial charge in [-0.3, -0.25) is 4.98 Å². The average molecular weight is 386 g/mol. The minimum atomic E-state index is 0.377. The summed E-state index contributed by atoms with van der Waals surface area (Å²) in [6.45, 7) is 5.54. The predicted octanol–water partition coefficient (Wildman–Crippen LogP) is 4.59. The lowest BCUT2D eigenvalue weighted by atomic mass is 9.90. The van der Waals surface area contributed by atoms with E-state index in [1.165, 1.54) is 14.0 Å². The molecule has 0 radical (unpaired) electrons. The molecule has 19 heavy (non-hydrogen) atoms. The Hall–Kier alpha value is -0.460. The first-order valence-electron chi connectivity index (χ1n) is 6.59. The molecule has 102 valence electrons. The van der Waals surface area contributed by atoms with Gasteiger partial charge in [0, 0.05) is 24.4 Å². The molecule has 0 saturated carbocycles. The van der Waals surface area contributed by atoms with Crippen molar-refractivity contribution in [3.05, 3.63) is 50.0 Å². The van der Waals surface area contributed by atoms with Crippen LogP contribution in [0, 0.1) is 2.88 Å². The molecule has 4 heteroatoms. The summed E-state index contributed by atoms with van der Waals surface area (Å²) in [5, 5.41) is 5.95. The normalized spacial score (nSPS) is 14.3. The summed E-state index contributed by atoms with van der Waals surface area (Å²) in [4.78, 5) is 4.11. The topological polar surface area (TPSA) is 24.9 Å². The van der Waals surface area contributed by atoms with E-state index >= 15 is 0 Å². The molecular formula is C15H19IN2S. The van der Waals surface area contributed by atoms with Crippen LogP contribution in [-0.2, 0) is 0 Å². The maximum absolute atomic E-state index is 4.11. The standard InChI is InChI=1S/C15H19IN2S/c1-3-6-18-15(13-9-14(16)19-10-13)11(2)12-4-7-17-8-5-12/h4-5,7-11,15,18H,3,6H2,1-2H3. The zero-order chi connectivity index (χ0) is 13.7. The van der Waals surface area contributed by atoms with Crippen LogP contribution in [0.15, 0.2) is 36.0 Å². The molecule has 0 bridgehead atoms. The number of nitrogens with zero attached hydrogens (tertiary/aromatic N) is 1. The Balaban J connectivity index is 2.22. The largest absolute Gasteiger partial charge is 0.309 e. The van der Waals surface area contributed by atoms with Gasteiger partial charge in [-0.05, 0) is 70.3 Å². The lowest BCUT2D eigenvalue weighted by Gasteiger charge is -2.25. The van der Waals surface area contributed by atoms with Crippen molar-refractivity contribution < 1.29 is 0 Å². The van der Waals surface area contributed by atoms with Gasteiger partial charge in [-0.2, -0.15) is 0 Å². The van der Waals surface area contributed by atoms with E-state index in [4.69, 9.17) is 0 Å². The highest BCUT2D eigenvalue weighted by Crippen LogP contribution is 2.33. The van der Waals surface area contributed by atoms with Gasteiger partial charge in [-0.1, -0.05) is 13.8 Å². The third-order valence-electron chi connectivity index (χ3n) is 3.29. The van der Waals surface area contributed by atoms with E-state index in [0.717, 1.165) is 13.0 Å². The number of aromatic nitrogens is 1. The maximum Gasteiger partial charge on any atom is 0.0656 e. The molecule has 0 fully saturated rings. The Morgan fingerprint density at radius 1 is 1.32 bits per heavy atom. The van der Waals surface area contributed by atoms with Crippen molar-refractivity contribution >= 4 is 33.9 Å².